The molecule has 1 heterocycles. The molecule has 1 saturated heterocycles. The van der Waals surface area contributed by atoms with Gasteiger partial charge < -0.3 is 15.1 Å². The Hall–Kier alpha value is -2.05. The molecular formula is C29H43ClN4O2. The summed E-state index contributed by atoms with van der Waals surface area (Å²) in [4.78, 5) is 32.3. The molecule has 1 aliphatic heterocycles. The molecule has 198 valence electrons. The van der Waals surface area contributed by atoms with Gasteiger partial charge in [-0.05, 0) is 59.8 Å². The van der Waals surface area contributed by atoms with E-state index >= 15 is 0 Å². The van der Waals surface area contributed by atoms with Gasteiger partial charge in [0.2, 0.25) is 5.91 Å². The Labute approximate surface area is 222 Å². The number of hydrogen-bond donors (Lipinski definition) is 1. The van der Waals surface area contributed by atoms with E-state index in [1.54, 1.807) is 12.1 Å². The van der Waals surface area contributed by atoms with Crippen LogP contribution in [0.25, 0.3) is 0 Å². The summed E-state index contributed by atoms with van der Waals surface area (Å²) in [5, 5.41) is 3.72. The quantitative estimate of drug-likeness (QED) is 0.471. The Balaban J connectivity index is 1.36. The molecule has 6 nitrogen and oxygen atoms in total. The highest BCUT2D eigenvalue weighted by atomic mass is 35.5. The number of rotatable bonds is 7. The van der Waals surface area contributed by atoms with E-state index in [2.05, 4.69) is 50.9 Å². The van der Waals surface area contributed by atoms with Crippen LogP contribution in [0.5, 0.6) is 0 Å². The van der Waals surface area contributed by atoms with Crippen molar-refractivity contribution in [3.63, 3.8) is 0 Å². The van der Waals surface area contributed by atoms with Gasteiger partial charge in [0, 0.05) is 62.9 Å². The van der Waals surface area contributed by atoms with Gasteiger partial charge in [0.05, 0.1) is 0 Å². The first-order chi connectivity index (χ1) is 16.9. The van der Waals surface area contributed by atoms with Gasteiger partial charge >= 0.3 is 6.03 Å². The lowest BCUT2D eigenvalue weighted by molar-refractivity contribution is -0.134. The predicted octanol–water partition coefficient (Wildman–Crippen LogP) is 5.75. The van der Waals surface area contributed by atoms with Crippen LogP contribution in [-0.2, 0) is 4.79 Å². The summed E-state index contributed by atoms with van der Waals surface area (Å²) in [7, 11) is 0. The zero-order chi connectivity index (χ0) is 26.1. The summed E-state index contributed by atoms with van der Waals surface area (Å²) < 4.78 is 0. The van der Waals surface area contributed by atoms with Crippen LogP contribution in [0.15, 0.2) is 35.9 Å². The number of anilines is 1. The lowest BCUT2D eigenvalue weighted by atomic mass is 9.49. The number of nitrogens with one attached hydrogen (secondary N) is 1. The molecule has 2 fully saturated rings. The van der Waals surface area contributed by atoms with Crippen molar-refractivity contribution in [3.05, 3.63) is 40.9 Å². The summed E-state index contributed by atoms with van der Waals surface area (Å²) in [5.74, 6) is 1.59. The third-order valence-corrected chi connectivity index (χ3v) is 8.68. The van der Waals surface area contributed by atoms with Crippen LogP contribution >= 0.6 is 11.6 Å². The van der Waals surface area contributed by atoms with E-state index in [1.165, 1.54) is 12.0 Å². The Kier molecular flexibility index (Phi) is 8.06. The van der Waals surface area contributed by atoms with E-state index in [4.69, 9.17) is 11.6 Å². The molecule has 2 atom stereocenters. The zero-order valence-corrected chi connectivity index (χ0v) is 23.4. The second kappa shape index (κ2) is 10.7. The van der Waals surface area contributed by atoms with E-state index in [1.807, 2.05) is 21.9 Å². The number of carbonyl (C=O) groups is 2. The highest BCUT2D eigenvalue weighted by Gasteiger charge is 2.51. The summed E-state index contributed by atoms with van der Waals surface area (Å²) in [6, 6.07) is 7.19. The fourth-order valence-corrected chi connectivity index (χ4v) is 6.04. The molecule has 1 N–H and O–H groups in total. The topological polar surface area (TPSA) is 55.9 Å². The first kappa shape index (κ1) is 27.0. The summed E-state index contributed by atoms with van der Waals surface area (Å²) in [6.45, 7) is 16.4. The minimum atomic E-state index is -0.0727. The first-order valence-corrected chi connectivity index (χ1v) is 13.8. The maximum atomic E-state index is 13.4. The molecule has 4 aliphatic rings. The molecule has 5 rings (SSSR count). The first-order valence-electron chi connectivity index (χ1n) is 13.4. The second-order valence-corrected chi connectivity index (χ2v) is 13.1. The third-order valence-electron chi connectivity index (χ3n) is 8.43. The third kappa shape index (κ3) is 6.44. The molecule has 3 aliphatic carbocycles. The molecule has 3 amide bonds. The minimum Gasteiger partial charge on any atom is -0.340 e. The monoisotopic (exact) mass is 514 g/mol. The molecule has 36 heavy (non-hydrogen) atoms. The second-order valence-electron chi connectivity index (χ2n) is 12.6. The van der Waals surface area contributed by atoms with Crippen LogP contribution in [0.4, 0.5) is 10.5 Å². The van der Waals surface area contributed by atoms with Crippen molar-refractivity contribution in [2.75, 3.05) is 51.1 Å². The fourth-order valence-electron chi connectivity index (χ4n) is 5.91. The Morgan fingerprint density at radius 3 is 2.36 bits per heavy atom. The van der Waals surface area contributed by atoms with Gasteiger partial charge in [0.15, 0.2) is 0 Å². The molecule has 1 saturated carbocycles. The molecule has 0 aromatic heterocycles. The van der Waals surface area contributed by atoms with Gasteiger partial charge in [0.25, 0.3) is 0 Å². The molecular weight excluding hydrogens is 472 g/mol. The standard InChI is InChI=1S/C29H43ClN4O2/c1-28(2,3)19-26(35)33-15-12-32(13-16-33)14-17-34(27(36)31-24-10-8-23(30)9-11-24)20-21-6-7-22-18-25(21)29(22,4)5/h6,8-11,22,25H,7,12-20H2,1-5H3,(H,31,36). The van der Waals surface area contributed by atoms with Crippen molar-refractivity contribution in [2.45, 2.75) is 53.9 Å². The van der Waals surface area contributed by atoms with Crippen molar-refractivity contribution < 1.29 is 9.59 Å². The zero-order valence-electron chi connectivity index (χ0n) is 22.6. The van der Waals surface area contributed by atoms with Gasteiger partial charge in [-0.15, -0.1) is 0 Å². The highest BCUT2D eigenvalue weighted by molar-refractivity contribution is 6.30. The van der Waals surface area contributed by atoms with Crippen molar-refractivity contribution in [2.24, 2.45) is 22.7 Å². The van der Waals surface area contributed by atoms with Gasteiger partial charge in [-0.2, -0.15) is 0 Å². The normalized spacial score (nSPS) is 23.5. The number of allylic oxidation sites excluding steroid dienone is 1. The van der Waals surface area contributed by atoms with E-state index in [9.17, 15) is 9.59 Å². The van der Waals surface area contributed by atoms with Crippen molar-refractivity contribution in [3.8, 4) is 0 Å². The molecule has 0 spiro atoms. The van der Waals surface area contributed by atoms with Crippen LogP contribution in [0.2, 0.25) is 5.02 Å². The predicted molar refractivity (Wildman–Crippen MR) is 147 cm³/mol. The van der Waals surface area contributed by atoms with Gasteiger partial charge in [-0.3, -0.25) is 9.69 Å². The van der Waals surface area contributed by atoms with Crippen LogP contribution in [-0.4, -0.2) is 72.5 Å². The van der Waals surface area contributed by atoms with Gasteiger partial charge in [-0.1, -0.05) is 57.9 Å². The van der Waals surface area contributed by atoms with Crippen LogP contribution in [0.1, 0.15) is 53.9 Å². The largest absolute Gasteiger partial charge is 0.340 e. The maximum Gasteiger partial charge on any atom is 0.322 e. The maximum absolute atomic E-state index is 13.4. The van der Waals surface area contributed by atoms with Gasteiger partial charge in [0.1, 0.15) is 0 Å². The Bertz CT molecular complexity index is 974. The molecule has 1 aromatic carbocycles. The minimum absolute atomic E-state index is 0.00892. The van der Waals surface area contributed by atoms with E-state index < -0.39 is 0 Å². The van der Waals surface area contributed by atoms with Crippen LogP contribution in [0.3, 0.4) is 0 Å². The number of benzene rings is 1. The number of carbonyl (C=O) groups excluding carboxylic acids is 2. The molecule has 2 bridgehead atoms. The number of hydrogen-bond acceptors (Lipinski definition) is 3. The number of piperazine rings is 1. The lowest BCUT2D eigenvalue weighted by Gasteiger charge is -2.57. The van der Waals surface area contributed by atoms with E-state index in [0.717, 1.165) is 50.7 Å². The molecule has 7 heteroatoms. The number of nitrogens with zero attached hydrogens (tertiary/aromatic N) is 3. The molecule has 0 radical (unpaired) electrons. The molecule has 1 aromatic rings. The number of halogens is 1. The summed E-state index contributed by atoms with van der Waals surface area (Å²) in [5.41, 5.74) is 2.50. The van der Waals surface area contributed by atoms with Crippen LogP contribution in [0, 0.1) is 22.7 Å². The number of fused-ring (bicyclic) bond motifs is 1. The smallest absolute Gasteiger partial charge is 0.322 e. The lowest BCUT2D eigenvalue weighted by Crippen LogP contribution is -2.53. The highest BCUT2D eigenvalue weighted by Crippen LogP contribution is 2.59. The average molecular weight is 515 g/mol. The van der Waals surface area contributed by atoms with Crippen molar-refractivity contribution in [1.82, 2.24) is 14.7 Å². The van der Waals surface area contributed by atoms with E-state index in [0.29, 0.717) is 35.9 Å². The van der Waals surface area contributed by atoms with E-state index in [-0.39, 0.29) is 17.4 Å². The van der Waals surface area contributed by atoms with Crippen LogP contribution < -0.4 is 5.32 Å². The fraction of sp³-hybridized carbons (Fsp3) is 0.655. The summed E-state index contributed by atoms with van der Waals surface area (Å²) in [6.07, 6.45) is 5.33. The van der Waals surface area contributed by atoms with Crippen molar-refractivity contribution >= 4 is 29.2 Å². The van der Waals surface area contributed by atoms with Crippen molar-refractivity contribution in [1.29, 1.82) is 0 Å². The summed E-state index contributed by atoms with van der Waals surface area (Å²) >= 11 is 6.02. The average Bonchev–Trinajstić information content (AvgIpc) is 2.82. The Morgan fingerprint density at radius 1 is 1.11 bits per heavy atom. The van der Waals surface area contributed by atoms with Gasteiger partial charge in [-0.25, -0.2) is 4.79 Å². The molecule has 2 unspecified atom stereocenters. The number of amides is 3. The Morgan fingerprint density at radius 2 is 1.78 bits per heavy atom. The SMILES string of the molecule is CC(C)(C)CC(=O)N1CCN(CCN(CC2=CCC3CC2C3(C)C)C(=O)Nc2ccc(Cl)cc2)CC1. The number of urea groups is 1.